The van der Waals surface area contributed by atoms with E-state index in [0.717, 1.165) is 18.5 Å². The number of aliphatic imine (C=N–C) groups is 1. The monoisotopic (exact) mass is 488 g/mol. The van der Waals surface area contributed by atoms with Crippen molar-refractivity contribution in [2.45, 2.75) is 17.9 Å². The van der Waals surface area contributed by atoms with Gasteiger partial charge in [0.15, 0.2) is 5.96 Å². The van der Waals surface area contributed by atoms with E-state index >= 15 is 0 Å². The van der Waals surface area contributed by atoms with Gasteiger partial charge in [-0.2, -0.15) is 0 Å². The number of rotatable bonds is 7. The van der Waals surface area contributed by atoms with Gasteiger partial charge in [-0.05, 0) is 36.7 Å². The fourth-order valence-electron chi connectivity index (χ4n) is 2.32. The molecule has 2 rings (SSSR count). The van der Waals surface area contributed by atoms with Crippen LogP contribution in [0.5, 0.6) is 0 Å². The van der Waals surface area contributed by atoms with Crippen LogP contribution in [0.1, 0.15) is 11.1 Å². The number of nitrogens with one attached hydrogen (secondary N) is 3. The molecule has 2 aromatic rings. The summed E-state index contributed by atoms with van der Waals surface area (Å²) in [5.74, 6) is 0.679. The van der Waals surface area contributed by atoms with E-state index in [1.807, 2.05) is 24.3 Å². The van der Waals surface area contributed by atoms with Gasteiger partial charge in [-0.3, -0.25) is 4.99 Å². The summed E-state index contributed by atoms with van der Waals surface area (Å²) in [5, 5.41) is 6.44. The van der Waals surface area contributed by atoms with Gasteiger partial charge in [0.2, 0.25) is 10.0 Å². The Morgan fingerprint density at radius 1 is 1.00 bits per heavy atom. The first-order valence-electron chi connectivity index (χ1n) is 8.06. The second-order valence-corrected chi connectivity index (χ2v) is 7.33. The predicted octanol–water partition coefficient (Wildman–Crippen LogP) is 2.12. The molecule has 0 aliphatic heterocycles. The highest BCUT2D eigenvalue weighted by Gasteiger charge is 2.11. The molecule has 3 N–H and O–H groups in total. The molecular formula is C18H25IN4O2S. The Balaban J connectivity index is 0.00000338. The molecule has 0 spiro atoms. The van der Waals surface area contributed by atoms with Crippen molar-refractivity contribution in [2.75, 3.05) is 20.6 Å². The second kappa shape index (κ2) is 11.1. The standard InChI is InChI=1S/C18H24N4O2S.HI/c1-19-18(21-12-11-15-7-4-3-5-8-15)22-14-16-9-6-10-17(13-16)25(23,24)20-2;/h3-10,13,20H,11-12,14H2,1-2H3,(H2,19,21,22);1H. The molecule has 0 unspecified atom stereocenters. The lowest BCUT2D eigenvalue weighted by Crippen LogP contribution is -2.37. The van der Waals surface area contributed by atoms with Gasteiger partial charge in [0.05, 0.1) is 4.90 Å². The number of halogens is 1. The van der Waals surface area contributed by atoms with Crippen LogP contribution in [0.2, 0.25) is 0 Å². The molecule has 2 aromatic carbocycles. The van der Waals surface area contributed by atoms with Crippen LogP contribution in [0.3, 0.4) is 0 Å². The first kappa shape index (κ1) is 22.4. The minimum Gasteiger partial charge on any atom is -0.356 e. The van der Waals surface area contributed by atoms with Crippen molar-refractivity contribution in [3.63, 3.8) is 0 Å². The van der Waals surface area contributed by atoms with Gasteiger partial charge in [0.25, 0.3) is 0 Å². The topological polar surface area (TPSA) is 82.6 Å². The average molecular weight is 488 g/mol. The van der Waals surface area contributed by atoms with Gasteiger partial charge in [0.1, 0.15) is 0 Å². The van der Waals surface area contributed by atoms with Crippen molar-refractivity contribution in [3.05, 3.63) is 65.7 Å². The summed E-state index contributed by atoms with van der Waals surface area (Å²) in [6.45, 7) is 1.25. The summed E-state index contributed by atoms with van der Waals surface area (Å²) in [7, 11) is -0.324. The van der Waals surface area contributed by atoms with E-state index in [9.17, 15) is 8.42 Å². The summed E-state index contributed by atoms with van der Waals surface area (Å²) < 4.78 is 26.0. The highest BCUT2D eigenvalue weighted by molar-refractivity contribution is 14.0. The zero-order valence-corrected chi connectivity index (χ0v) is 18.0. The molecule has 0 heterocycles. The Labute approximate surface area is 172 Å². The van der Waals surface area contributed by atoms with Gasteiger partial charge in [-0.1, -0.05) is 42.5 Å². The predicted molar refractivity (Wildman–Crippen MR) is 116 cm³/mol. The molecule has 6 nitrogen and oxygen atoms in total. The van der Waals surface area contributed by atoms with E-state index < -0.39 is 10.0 Å². The van der Waals surface area contributed by atoms with E-state index in [1.54, 1.807) is 25.2 Å². The fraction of sp³-hybridized carbons (Fsp3) is 0.278. The SMILES string of the molecule is CN=C(NCCc1ccccc1)NCc1cccc(S(=O)(=O)NC)c1.I. The molecule has 0 amide bonds. The van der Waals surface area contributed by atoms with Crippen molar-refractivity contribution in [3.8, 4) is 0 Å². The summed E-state index contributed by atoms with van der Waals surface area (Å²) >= 11 is 0. The molecule has 0 bridgehead atoms. The number of nitrogens with zero attached hydrogens (tertiary/aromatic N) is 1. The number of guanidine groups is 1. The third kappa shape index (κ3) is 6.93. The third-order valence-electron chi connectivity index (χ3n) is 3.71. The molecule has 0 aliphatic rings. The van der Waals surface area contributed by atoms with Gasteiger partial charge < -0.3 is 10.6 Å². The van der Waals surface area contributed by atoms with E-state index in [1.165, 1.54) is 12.6 Å². The van der Waals surface area contributed by atoms with Crippen molar-refractivity contribution in [1.82, 2.24) is 15.4 Å². The van der Waals surface area contributed by atoms with Crippen LogP contribution in [-0.2, 0) is 23.0 Å². The Morgan fingerprint density at radius 3 is 2.35 bits per heavy atom. The zero-order valence-electron chi connectivity index (χ0n) is 14.9. The average Bonchev–Trinajstić information content (AvgIpc) is 2.65. The van der Waals surface area contributed by atoms with E-state index in [0.29, 0.717) is 12.5 Å². The largest absolute Gasteiger partial charge is 0.356 e. The molecule has 0 saturated heterocycles. The first-order valence-corrected chi connectivity index (χ1v) is 9.54. The molecule has 0 fully saturated rings. The van der Waals surface area contributed by atoms with Crippen LogP contribution < -0.4 is 15.4 Å². The first-order chi connectivity index (χ1) is 12.0. The van der Waals surface area contributed by atoms with Crippen LogP contribution in [0.15, 0.2) is 64.5 Å². The van der Waals surface area contributed by atoms with E-state index in [-0.39, 0.29) is 28.9 Å². The quantitative estimate of drug-likeness (QED) is 0.317. The Hall–Kier alpha value is -1.65. The van der Waals surface area contributed by atoms with Gasteiger partial charge in [0, 0.05) is 20.1 Å². The summed E-state index contributed by atoms with van der Waals surface area (Å²) in [6.07, 6.45) is 0.900. The van der Waals surface area contributed by atoms with E-state index in [2.05, 4.69) is 32.5 Å². The summed E-state index contributed by atoms with van der Waals surface area (Å²) in [6, 6.07) is 17.0. The lowest BCUT2D eigenvalue weighted by molar-refractivity contribution is 0.588. The van der Waals surface area contributed by atoms with Crippen molar-refractivity contribution < 1.29 is 8.42 Å². The molecular weight excluding hydrogens is 463 g/mol. The maximum atomic E-state index is 11.9. The number of hydrogen-bond donors (Lipinski definition) is 3. The maximum Gasteiger partial charge on any atom is 0.240 e. The molecule has 0 saturated carbocycles. The minimum atomic E-state index is -3.43. The fourth-order valence-corrected chi connectivity index (χ4v) is 3.12. The van der Waals surface area contributed by atoms with Crippen LogP contribution in [-0.4, -0.2) is 35.0 Å². The number of hydrogen-bond acceptors (Lipinski definition) is 3. The van der Waals surface area contributed by atoms with Crippen molar-refractivity contribution in [2.24, 2.45) is 4.99 Å². The van der Waals surface area contributed by atoms with Crippen molar-refractivity contribution >= 4 is 40.0 Å². The smallest absolute Gasteiger partial charge is 0.240 e. The van der Waals surface area contributed by atoms with Crippen LogP contribution in [0.4, 0.5) is 0 Å². The third-order valence-corrected chi connectivity index (χ3v) is 5.12. The second-order valence-electron chi connectivity index (χ2n) is 5.44. The van der Waals surface area contributed by atoms with Crippen molar-refractivity contribution in [1.29, 1.82) is 0 Å². The Morgan fingerprint density at radius 2 is 1.69 bits per heavy atom. The lowest BCUT2D eigenvalue weighted by Gasteiger charge is -2.12. The molecule has 0 radical (unpaired) electrons. The highest BCUT2D eigenvalue weighted by atomic mass is 127. The normalized spacial score (nSPS) is 11.5. The zero-order chi connectivity index (χ0) is 18.1. The van der Waals surface area contributed by atoms with Crippen LogP contribution in [0, 0.1) is 0 Å². The van der Waals surface area contributed by atoms with Gasteiger partial charge in [-0.25, -0.2) is 13.1 Å². The molecule has 0 atom stereocenters. The minimum absolute atomic E-state index is 0. The maximum absolute atomic E-state index is 11.9. The molecule has 142 valence electrons. The number of sulfonamides is 1. The molecule has 0 aliphatic carbocycles. The summed E-state index contributed by atoms with van der Waals surface area (Å²) in [5.41, 5.74) is 2.12. The Kier molecular flexibility index (Phi) is 9.60. The van der Waals surface area contributed by atoms with E-state index in [4.69, 9.17) is 0 Å². The van der Waals surface area contributed by atoms with Gasteiger partial charge in [-0.15, -0.1) is 24.0 Å². The molecule has 8 heteroatoms. The number of benzene rings is 2. The van der Waals surface area contributed by atoms with Gasteiger partial charge >= 0.3 is 0 Å². The molecule has 26 heavy (non-hydrogen) atoms. The van der Waals surface area contributed by atoms with Crippen LogP contribution >= 0.6 is 24.0 Å². The summed E-state index contributed by atoms with van der Waals surface area (Å²) in [4.78, 5) is 4.44. The lowest BCUT2D eigenvalue weighted by atomic mass is 10.1. The van der Waals surface area contributed by atoms with Crippen LogP contribution in [0.25, 0.3) is 0 Å². The molecule has 0 aromatic heterocycles. The Bertz CT molecular complexity index is 811. The highest BCUT2D eigenvalue weighted by Crippen LogP contribution is 2.10.